The maximum atomic E-state index is 5.76. The van der Waals surface area contributed by atoms with Gasteiger partial charge < -0.3 is 4.74 Å². The lowest BCUT2D eigenvalue weighted by molar-refractivity contribution is 0.0238. The molecule has 0 N–H and O–H groups in total. The van der Waals surface area contributed by atoms with Crippen LogP contribution < -0.4 is 0 Å². The topological polar surface area (TPSA) is 9.23 Å². The van der Waals surface area contributed by atoms with E-state index in [1.165, 1.54) is 77.0 Å². The molecule has 0 spiro atoms. The lowest BCUT2D eigenvalue weighted by atomic mass is 9.76. The summed E-state index contributed by atoms with van der Waals surface area (Å²) in [6.07, 6.45) is 19.7. The van der Waals surface area contributed by atoms with Gasteiger partial charge in [-0.3, -0.25) is 0 Å². The molecule has 0 saturated heterocycles. The zero-order valence-electron chi connectivity index (χ0n) is 14.2. The van der Waals surface area contributed by atoms with Crippen LogP contribution in [-0.2, 0) is 4.74 Å². The highest BCUT2D eigenvalue weighted by molar-refractivity contribution is 4.78. The monoisotopic (exact) mass is 292 g/mol. The van der Waals surface area contributed by atoms with Gasteiger partial charge >= 0.3 is 0 Å². The molecule has 0 radical (unpaired) electrons. The van der Waals surface area contributed by atoms with E-state index >= 15 is 0 Å². The normalized spacial score (nSPS) is 33.8. The molecule has 0 aromatic heterocycles. The van der Waals surface area contributed by atoms with Crippen LogP contribution >= 0.6 is 0 Å². The van der Waals surface area contributed by atoms with Crippen molar-refractivity contribution in [2.45, 2.75) is 90.1 Å². The van der Waals surface area contributed by atoms with Crippen molar-refractivity contribution in [3.63, 3.8) is 0 Å². The second-order valence-corrected chi connectivity index (χ2v) is 7.43. The first kappa shape index (κ1) is 17.1. The maximum Gasteiger partial charge on any atom is 0.0575 e. The van der Waals surface area contributed by atoms with E-state index in [0.29, 0.717) is 6.10 Å². The van der Waals surface area contributed by atoms with E-state index in [1.807, 2.05) is 0 Å². The first-order valence-electron chi connectivity index (χ1n) is 9.54. The molecule has 0 aliphatic heterocycles. The van der Waals surface area contributed by atoms with Gasteiger partial charge in [0.05, 0.1) is 6.10 Å². The standard InChI is InChI=1S/C20H36O/c1-3-5-6-17-7-9-18(10-8-17)11-12-19-13-15-20(16-14-19)21-4-2/h3,17-20H,1,4-16H2,2H3. The van der Waals surface area contributed by atoms with Crippen LogP contribution in [0, 0.1) is 17.8 Å². The van der Waals surface area contributed by atoms with Crippen molar-refractivity contribution in [3.05, 3.63) is 12.7 Å². The van der Waals surface area contributed by atoms with Crippen LogP contribution in [0.15, 0.2) is 12.7 Å². The predicted molar refractivity (Wildman–Crippen MR) is 91.5 cm³/mol. The summed E-state index contributed by atoms with van der Waals surface area (Å²) in [4.78, 5) is 0. The van der Waals surface area contributed by atoms with Gasteiger partial charge in [0.15, 0.2) is 0 Å². The summed E-state index contributed by atoms with van der Waals surface area (Å²) >= 11 is 0. The van der Waals surface area contributed by atoms with Gasteiger partial charge in [0.1, 0.15) is 0 Å². The van der Waals surface area contributed by atoms with Crippen LogP contribution in [0.25, 0.3) is 0 Å². The molecule has 0 bridgehead atoms. The molecular weight excluding hydrogens is 256 g/mol. The van der Waals surface area contributed by atoms with E-state index in [2.05, 4.69) is 19.6 Å². The van der Waals surface area contributed by atoms with Crippen LogP contribution in [0.5, 0.6) is 0 Å². The third-order valence-electron chi connectivity index (χ3n) is 5.92. The fourth-order valence-electron chi connectivity index (χ4n) is 4.46. The summed E-state index contributed by atoms with van der Waals surface area (Å²) in [5.74, 6) is 3.04. The molecular formula is C20H36O. The number of rotatable bonds is 8. The van der Waals surface area contributed by atoms with Gasteiger partial charge in [0, 0.05) is 6.61 Å². The summed E-state index contributed by atoms with van der Waals surface area (Å²) in [7, 11) is 0. The van der Waals surface area contributed by atoms with Crippen molar-refractivity contribution in [1.82, 2.24) is 0 Å². The third-order valence-corrected chi connectivity index (χ3v) is 5.92. The maximum absolute atomic E-state index is 5.76. The quantitative estimate of drug-likeness (QED) is 0.489. The Hall–Kier alpha value is -0.300. The smallest absolute Gasteiger partial charge is 0.0575 e. The minimum Gasteiger partial charge on any atom is -0.379 e. The largest absolute Gasteiger partial charge is 0.379 e. The summed E-state index contributed by atoms with van der Waals surface area (Å²) in [6.45, 7) is 6.86. The number of ether oxygens (including phenoxy) is 1. The van der Waals surface area contributed by atoms with Crippen LogP contribution in [0.1, 0.15) is 84.0 Å². The Morgan fingerprint density at radius 2 is 1.29 bits per heavy atom. The highest BCUT2D eigenvalue weighted by atomic mass is 16.5. The summed E-state index contributed by atoms with van der Waals surface area (Å²) in [6, 6.07) is 0. The molecule has 0 heterocycles. The second-order valence-electron chi connectivity index (χ2n) is 7.43. The average molecular weight is 293 g/mol. The van der Waals surface area contributed by atoms with Crippen molar-refractivity contribution >= 4 is 0 Å². The van der Waals surface area contributed by atoms with E-state index in [4.69, 9.17) is 4.74 Å². The molecule has 2 aliphatic carbocycles. The van der Waals surface area contributed by atoms with Gasteiger partial charge in [-0.1, -0.05) is 44.6 Å². The van der Waals surface area contributed by atoms with Gasteiger partial charge in [-0.05, 0) is 63.2 Å². The SMILES string of the molecule is C=CCCC1CCC(CCC2CCC(OCC)CC2)CC1. The molecule has 122 valence electrons. The van der Waals surface area contributed by atoms with Gasteiger partial charge in [-0.15, -0.1) is 6.58 Å². The zero-order chi connectivity index (χ0) is 14.9. The Morgan fingerprint density at radius 1 is 0.810 bits per heavy atom. The third kappa shape index (κ3) is 6.14. The molecule has 2 saturated carbocycles. The first-order valence-corrected chi connectivity index (χ1v) is 9.54. The van der Waals surface area contributed by atoms with E-state index < -0.39 is 0 Å². The summed E-state index contributed by atoms with van der Waals surface area (Å²) in [5, 5.41) is 0. The molecule has 0 amide bonds. The molecule has 1 nitrogen and oxygen atoms in total. The Labute approximate surface area is 132 Å². The minimum atomic E-state index is 0.576. The van der Waals surface area contributed by atoms with Crippen LogP contribution in [0.2, 0.25) is 0 Å². The van der Waals surface area contributed by atoms with E-state index in [0.717, 1.165) is 24.4 Å². The molecule has 0 aromatic carbocycles. The zero-order valence-corrected chi connectivity index (χ0v) is 14.2. The molecule has 0 unspecified atom stereocenters. The highest BCUT2D eigenvalue weighted by Gasteiger charge is 2.24. The summed E-state index contributed by atoms with van der Waals surface area (Å²) in [5.41, 5.74) is 0. The number of hydrogen-bond acceptors (Lipinski definition) is 1. The highest BCUT2D eigenvalue weighted by Crippen LogP contribution is 2.36. The fraction of sp³-hybridized carbons (Fsp3) is 0.900. The Balaban J connectivity index is 1.55. The molecule has 2 fully saturated rings. The predicted octanol–water partition coefficient (Wildman–Crippen LogP) is 6.13. The molecule has 21 heavy (non-hydrogen) atoms. The van der Waals surface area contributed by atoms with E-state index in [1.54, 1.807) is 0 Å². The van der Waals surface area contributed by atoms with Gasteiger partial charge in [0.25, 0.3) is 0 Å². The van der Waals surface area contributed by atoms with Crippen molar-refractivity contribution in [3.8, 4) is 0 Å². The van der Waals surface area contributed by atoms with E-state index in [9.17, 15) is 0 Å². The van der Waals surface area contributed by atoms with Crippen molar-refractivity contribution < 1.29 is 4.74 Å². The number of allylic oxidation sites excluding steroid dienone is 1. The van der Waals surface area contributed by atoms with Crippen LogP contribution in [0.4, 0.5) is 0 Å². The van der Waals surface area contributed by atoms with Gasteiger partial charge in [-0.25, -0.2) is 0 Å². The molecule has 0 atom stereocenters. The Bertz CT molecular complexity index is 270. The van der Waals surface area contributed by atoms with Gasteiger partial charge in [0.2, 0.25) is 0 Å². The lowest BCUT2D eigenvalue weighted by Crippen LogP contribution is -2.22. The molecule has 2 rings (SSSR count). The molecule has 1 heteroatoms. The average Bonchev–Trinajstić information content (AvgIpc) is 2.53. The van der Waals surface area contributed by atoms with Crippen LogP contribution in [0.3, 0.4) is 0 Å². The van der Waals surface area contributed by atoms with Crippen molar-refractivity contribution in [1.29, 1.82) is 0 Å². The first-order chi connectivity index (χ1) is 10.3. The lowest BCUT2D eigenvalue weighted by Gasteiger charge is -2.31. The fourth-order valence-corrected chi connectivity index (χ4v) is 4.46. The minimum absolute atomic E-state index is 0.576. The Kier molecular flexibility index (Phi) is 7.85. The van der Waals surface area contributed by atoms with Gasteiger partial charge in [-0.2, -0.15) is 0 Å². The summed E-state index contributed by atoms with van der Waals surface area (Å²) < 4.78 is 5.76. The molecule has 2 aliphatic rings. The van der Waals surface area contributed by atoms with E-state index in [-0.39, 0.29) is 0 Å². The number of hydrogen-bond donors (Lipinski definition) is 0. The van der Waals surface area contributed by atoms with Crippen molar-refractivity contribution in [2.75, 3.05) is 6.61 Å². The molecule has 0 aromatic rings. The second kappa shape index (κ2) is 9.66. The Morgan fingerprint density at radius 3 is 1.76 bits per heavy atom. The van der Waals surface area contributed by atoms with Crippen molar-refractivity contribution in [2.24, 2.45) is 17.8 Å². The van der Waals surface area contributed by atoms with Crippen LogP contribution in [-0.4, -0.2) is 12.7 Å².